The van der Waals surface area contributed by atoms with E-state index in [1.165, 1.54) is 12.8 Å². The van der Waals surface area contributed by atoms with E-state index < -0.39 is 0 Å². The molecule has 0 radical (unpaired) electrons. The third-order valence-electron chi connectivity index (χ3n) is 2.86. The maximum absolute atomic E-state index is 2.56. The van der Waals surface area contributed by atoms with Gasteiger partial charge in [-0.05, 0) is 24.2 Å². The van der Waals surface area contributed by atoms with Gasteiger partial charge in [0, 0.05) is 3.92 Å². The van der Waals surface area contributed by atoms with Gasteiger partial charge in [0.2, 0.25) is 0 Å². The fourth-order valence-corrected chi connectivity index (χ4v) is 2.55. The highest BCUT2D eigenvalue weighted by Crippen LogP contribution is 2.49. The molecule has 4 atom stereocenters. The molecule has 1 aliphatic carbocycles. The van der Waals surface area contributed by atoms with E-state index in [-0.39, 0.29) is 0 Å². The summed E-state index contributed by atoms with van der Waals surface area (Å²) in [7, 11) is 0. The Hall–Kier alpha value is 0.730. The average Bonchev–Trinajstić information content (AvgIpc) is 2.64. The van der Waals surface area contributed by atoms with Crippen molar-refractivity contribution in [2.45, 2.75) is 37.5 Å². The highest BCUT2D eigenvalue weighted by Gasteiger charge is 2.42. The maximum atomic E-state index is 2.56. The van der Waals surface area contributed by atoms with E-state index in [1.807, 2.05) is 0 Å². The first kappa shape index (κ1) is 8.82. The zero-order chi connectivity index (χ0) is 7.72. The highest BCUT2D eigenvalue weighted by atomic mass is 127. The molecule has 1 fully saturated rings. The van der Waals surface area contributed by atoms with E-state index in [2.05, 4.69) is 43.4 Å². The van der Waals surface area contributed by atoms with Crippen LogP contribution in [0.2, 0.25) is 0 Å². The molecule has 0 nitrogen and oxygen atoms in total. The van der Waals surface area contributed by atoms with Crippen LogP contribution in [0.3, 0.4) is 0 Å². The molecule has 0 bridgehead atoms. The number of alkyl halides is 1. The van der Waals surface area contributed by atoms with E-state index in [0.29, 0.717) is 0 Å². The van der Waals surface area contributed by atoms with Gasteiger partial charge in [-0.25, -0.2) is 0 Å². The van der Waals surface area contributed by atoms with Gasteiger partial charge in [0.15, 0.2) is 0 Å². The predicted molar refractivity (Wildman–Crippen MR) is 54.5 cm³/mol. The van der Waals surface area contributed by atoms with Gasteiger partial charge in [0.05, 0.1) is 0 Å². The number of hydrogen-bond donors (Lipinski definition) is 0. The molecule has 0 aromatic rings. The van der Waals surface area contributed by atoms with E-state index in [1.54, 1.807) is 0 Å². The van der Waals surface area contributed by atoms with Gasteiger partial charge in [0.1, 0.15) is 0 Å². The first-order valence-corrected chi connectivity index (χ1v) is 5.55. The lowest BCUT2D eigenvalue weighted by molar-refractivity contribution is 0.462. The summed E-state index contributed by atoms with van der Waals surface area (Å²) in [5.74, 6) is 3.09. The summed E-state index contributed by atoms with van der Waals surface area (Å²) in [5.41, 5.74) is 0. The zero-order valence-electron chi connectivity index (χ0n) is 7.10. The lowest BCUT2D eigenvalue weighted by Gasteiger charge is -2.07. The Bertz CT molecular complexity index is 109. The van der Waals surface area contributed by atoms with Crippen molar-refractivity contribution in [1.29, 1.82) is 0 Å². The van der Waals surface area contributed by atoms with E-state index in [9.17, 15) is 0 Å². The molecule has 1 rings (SSSR count). The van der Waals surface area contributed by atoms with Crippen LogP contribution in [0.4, 0.5) is 0 Å². The van der Waals surface area contributed by atoms with Crippen LogP contribution in [0.5, 0.6) is 0 Å². The Kier molecular flexibility index (Phi) is 3.02. The zero-order valence-corrected chi connectivity index (χ0v) is 9.26. The summed E-state index contributed by atoms with van der Waals surface area (Å²) in [6.45, 7) is 7.04. The molecule has 0 amide bonds. The number of hydrogen-bond acceptors (Lipinski definition) is 0. The molecule has 4 unspecified atom stereocenters. The molecule has 0 aliphatic heterocycles. The van der Waals surface area contributed by atoms with Crippen molar-refractivity contribution in [2.75, 3.05) is 0 Å². The van der Waals surface area contributed by atoms with Crippen molar-refractivity contribution in [3.05, 3.63) is 0 Å². The largest absolute Gasteiger partial charge is 0.0826 e. The Morgan fingerprint density at radius 3 is 2.30 bits per heavy atom. The Morgan fingerprint density at radius 2 is 2.00 bits per heavy atom. The Labute approximate surface area is 77.9 Å². The van der Waals surface area contributed by atoms with Crippen molar-refractivity contribution in [3.63, 3.8) is 0 Å². The fourth-order valence-electron chi connectivity index (χ4n) is 1.72. The summed E-state index contributed by atoms with van der Waals surface area (Å²) >= 11 is 2.56. The van der Waals surface area contributed by atoms with Crippen LogP contribution in [-0.2, 0) is 0 Å². The summed E-state index contributed by atoms with van der Waals surface area (Å²) in [6.07, 6.45) is 2.86. The Balaban J connectivity index is 2.24. The van der Waals surface area contributed by atoms with Crippen LogP contribution in [0, 0.1) is 17.8 Å². The summed E-state index contributed by atoms with van der Waals surface area (Å²) < 4.78 is 0.900. The monoisotopic (exact) mass is 252 g/mol. The molecule has 0 spiro atoms. The second kappa shape index (κ2) is 3.42. The normalized spacial score (nSPS) is 37.2. The van der Waals surface area contributed by atoms with Crippen LogP contribution < -0.4 is 0 Å². The molecule has 0 saturated heterocycles. The van der Waals surface area contributed by atoms with Gasteiger partial charge >= 0.3 is 0 Å². The minimum absolute atomic E-state index is 0.900. The first-order chi connectivity index (χ1) is 4.66. The fraction of sp³-hybridized carbons (Fsp3) is 1.00. The van der Waals surface area contributed by atoms with Crippen molar-refractivity contribution < 1.29 is 0 Å². The minimum atomic E-state index is 0.900. The molecule has 60 valence electrons. The quantitative estimate of drug-likeness (QED) is 0.532. The van der Waals surface area contributed by atoms with Gasteiger partial charge in [-0.3, -0.25) is 0 Å². The minimum Gasteiger partial charge on any atom is -0.0826 e. The molecule has 0 aromatic carbocycles. The van der Waals surface area contributed by atoms with Crippen molar-refractivity contribution in [3.8, 4) is 0 Å². The molecular weight excluding hydrogens is 235 g/mol. The summed E-state index contributed by atoms with van der Waals surface area (Å²) in [4.78, 5) is 0. The highest BCUT2D eigenvalue weighted by molar-refractivity contribution is 14.1. The molecule has 1 saturated carbocycles. The van der Waals surface area contributed by atoms with Crippen molar-refractivity contribution in [2.24, 2.45) is 17.8 Å². The SMILES string of the molecule is CCC(C)C1CC1C(C)I. The van der Waals surface area contributed by atoms with Gasteiger partial charge in [-0.1, -0.05) is 49.8 Å². The first-order valence-electron chi connectivity index (χ1n) is 4.30. The van der Waals surface area contributed by atoms with Gasteiger partial charge in [-0.15, -0.1) is 0 Å². The summed E-state index contributed by atoms with van der Waals surface area (Å²) in [6, 6.07) is 0. The summed E-state index contributed by atoms with van der Waals surface area (Å²) in [5, 5.41) is 0. The Morgan fingerprint density at radius 1 is 1.40 bits per heavy atom. The van der Waals surface area contributed by atoms with Crippen molar-refractivity contribution >= 4 is 22.6 Å². The molecule has 1 aliphatic rings. The standard InChI is InChI=1S/C9H17I/c1-4-6(2)8-5-9(8)7(3)10/h6-9H,4-5H2,1-3H3. The van der Waals surface area contributed by atoms with E-state index in [0.717, 1.165) is 21.7 Å². The average molecular weight is 252 g/mol. The van der Waals surface area contributed by atoms with E-state index in [4.69, 9.17) is 0 Å². The van der Waals surface area contributed by atoms with Crippen LogP contribution in [0.15, 0.2) is 0 Å². The third kappa shape index (κ3) is 1.86. The molecule has 0 N–H and O–H groups in total. The lowest BCUT2D eigenvalue weighted by Crippen LogP contribution is -2.02. The number of halogens is 1. The topological polar surface area (TPSA) is 0 Å². The molecule has 0 aromatic heterocycles. The van der Waals surface area contributed by atoms with E-state index >= 15 is 0 Å². The van der Waals surface area contributed by atoms with Crippen LogP contribution >= 0.6 is 22.6 Å². The van der Waals surface area contributed by atoms with Gasteiger partial charge in [0.25, 0.3) is 0 Å². The predicted octanol–water partition coefficient (Wildman–Crippen LogP) is 3.49. The van der Waals surface area contributed by atoms with Gasteiger partial charge < -0.3 is 0 Å². The second-order valence-corrected chi connectivity index (χ2v) is 5.59. The lowest BCUT2D eigenvalue weighted by atomic mass is 10.0. The maximum Gasteiger partial charge on any atom is 0.0112 e. The number of rotatable bonds is 3. The molecule has 1 heteroatoms. The van der Waals surface area contributed by atoms with Crippen LogP contribution in [-0.4, -0.2) is 3.92 Å². The van der Waals surface area contributed by atoms with Gasteiger partial charge in [-0.2, -0.15) is 0 Å². The molecular formula is C9H17I. The third-order valence-corrected chi connectivity index (χ3v) is 3.78. The smallest absolute Gasteiger partial charge is 0.0112 e. The van der Waals surface area contributed by atoms with Crippen LogP contribution in [0.1, 0.15) is 33.6 Å². The molecule has 10 heavy (non-hydrogen) atoms. The second-order valence-electron chi connectivity index (χ2n) is 3.63. The van der Waals surface area contributed by atoms with Crippen molar-refractivity contribution in [1.82, 2.24) is 0 Å². The van der Waals surface area contributed by atoms with Crippen LogP contribution in [0.25, 0.3) is 0 Å². The molecule has 0 heterocycles.